The summed E-state index contributed by atoms with van der Waals surface area (Å²) >= 11 is 0. The van der Waals surface area contributed by atoms with Gasteiger partial charge >= 0.3 is 0 Å². The molecule has 9 aromatic rings. The lowest BCUT2D eigenvalue weighted by molar-refractivity contribution is 0.622. The van der Waals surface area contributed by atoms with Crippen LogP contribution in [0.25, 0.3) is 27.8 Å². The summed E-state index contributed by atoms with van der Waals surface area (Å²) < 4.78 is 0. The molecule has 0 heterocycles. The fraction of sp³-hybridized carbons (Fsp3) is 0.0794. The molecular formula is C63H47N. The van der Waals surface area contributed by atoms with Crippen LogP contribution < -0.4 is 4.90 Å². The van der Waals surface area contributed by atoms with Crippen molar-refractivity contribution in [1.82, 2.24) is 0 Å². The fourth-order valence-electron chi connectivity index (χ4n) is 11.6. The Bertz CT molecular complexity index is 3200. The molecule has 0 saturated heterocycles. The van der Waals surface area contributed by atoms with Crippen molar-refractivity contribution in [1.29, 1.82) is 0 Å². The first-order valence-electron chi connectivity index (χ1n) is 22.7. The molecular weight excluding hydrogens is 771 g/mol. The molecule has 0 radical (unpaired) electrons. The van der Waals surface area contributed by atoms with Crippen LogP contribution in [0.5, 0.6) is 0 Å². The molecule has 0 fully saturated rings. The minimum Gasteiger partial charge on any atom is -0.309 e. The highest BCUT2D eigenvalue weighted by atomic mass is 15.1. The Kier molecular flexibility index (Phi) is 9.05. The molecule has 0 spiro atoms. The van der Waals surface area contributed by atoms with Gasteiger partial charge in [-0.1, -0.05) is 231 Å². The lowest BCUT2D eigenvalue weighted by Crippen LogP contribution is -2.31. The fourth-order valence-corrected chi connectivity index (χ4v) is 11.6. The molecule has 1 nitrogen and oxygen atoms in total. The quantitative estimate of drug-likeness (QED) is 0.148. The molecule has 0 bridgehead atoms. The second-order valence-electron chi connectivity index (χ2n) is 17.6. The largest absolute Gasteiger partial charge is 0.309 e. The van der Waals surface area contributed by atoms with Crippen molar-refractivity contribution < 1.29 is 0 Å². The topological polar surface area (TPSA) is 3.24 Å². The third-order valence-corrected chi connectivity index (χ3v) is 14.2. The van der Waals surface area contributed by atoms with Gasteiger partial charge in [-0.3, -0.25) is 0 Å². The smallest absolute Gasteiger partial charge is 0.0714 e. The SMILES string of the molecule is CC1C=CC2=C(C1)C(c1ccccc1)(c1ccc(N(c3ccccc3-c3ccccc3)c3cccc4c3-c3ccccc3C4(c3ccccc3)c3ccccc3)cc1)c1ccccc12. The average Bonchev–Trinajstić information content (AvgIpc) is 3.84. The van der Waals surface area contributed by atoms with Crippen LogP contribution >= 0.6 is 0 Å². The number of benzene rings is 9. The van der Waals surface area contributed by atoms with Crippen LogP contribution in [0.15, 0.2) is 254 Å². The number of allylic oxidation sites excluding steroid dienone is 4. The van der Waals surface area contributed by atoms with Crippen molar-refractivity contribution in [3.8, 4) is 22.3 Å². The summed E-state index contributed by atoms with van der Waals surface area (Å²) in [6.07, 6.45) is 5.79. The van der Waals surface area contributed by atoms with E-state index in [1.54, 1.807) is 0 Å². The van der Waals surface area contributed by atoms with Gasteiger partial charge in [0.05, 0.1) is 22.2 Å². The normalized spacial score (nSPS) is 17.6. The van der Waals surface area contributed by atoms with Gasteiger partial charge in [0.1, 0.15) is 0 Å². The number of hydrogen-bond acceptors (Lipinski definition) is 1. The molecule has 2 unspecified atom stereocenters. The number of rotatable bonds is 8. The summed E-state index contributed by atoms with van der Waals surface area (Å²) in [5.41, 5.74) is 20.6. The molecule has 12 rings (SSSR count). The van der Waals surface area contributed by atoms with E-state index in [1.165, 1.54) is 77.9 Å². The summed E-state index contributed by atoms with van der Waals surface area (Å²) in [7, 11) is 0. The maximum atomic E-state index is 2.53. The molecule has 0 N–H and O–H groups in total. The first kappa shape index (κ1) is 38.0. The summed E-state index contributed by atoms with van der Waals surface area (Å²) in [6, 6.07) is 88.0. The number of nitrogens with zero attached hydrogens (tertiary/aromatic N) is 1. The first-order chi connectivity index (χ1) is 31.7. The van der Waals surface area contributed by atoms with E-state index in [-0.39, 0.29) is 0 Å². The monoisotopic (exact) mass is 817 g/mol. The minimum atomic E-state index is -0.520. The molecule has 304 valence electrons. The standard InChI is InChI=1S/C63H47N/c1-44-37-42-53-52-30-14-17-32-55(52)63(58(53)43-44,48-27-12-5-13-28-48)49-38-40-50(41-39-49)64(59-35-19-16-29-51(59)45-21-6-2-7-22-45)60-36-20-34-57-61(60)54-31-15-18-33-56(54)62(57,46-23-8-3-9-24-46)47-25-10-4-11-26-47/h2-42,44H,43H2,1H3. The first-order valence-corrected chi connectivity index (χ1v) is 22.7. The number of para-hydroxylation sites is 1. The van der Waals surface area contributed by atoms with E-state index in [9.17, 15) is 0 Å². The zero-order chi connectivity index (χ0) is 42.7. The van der Waals surface area contributed by atoms with Crippen LogP contribution in [0.4, 0.5) is 17.1 Å². The molecule has 0 saturated carbocycles. The predicted octanol–water partition coefficient (Wildman–Crippen LogP) is 15.9. The van der Waals surface area contributed by atoms with Gasteiger partial charge in [0.2, 0.25) is 0 Å². The van der Waals surface area contributed by atoms with Gasteiger partial charge < -0.3 is 4.90 Å². The lowest BCUT2D eigenvalue weighted by atomic mass is 9.65. The maximum Gasteiger partial charge on any atom is 0.0714 e. The molecule has 0 aliphatic heterocycles. The van der Waals surface area contributed by atoms with Gasteiger partial charge in [0, 0.05) is 16.8 Å². The summed E-state index contributed by atoms with van der Waals surface area (Å²) in [6.45, 7) is 2.35. The molecule has 0 amide bonds. The predicted molar refractivity (Wildman–Crippen MR) is 266 cm³/mol. The third kappa shape index (κ3) is 5.57. The highest BCUT2D eigenvalue weighted by Gasteiger charge is 2.49. The van der Waals surface area contributed by atoms with Crippen molar-refractivity contribution in [3.05, 3.63) is 299 Å². The summed E-state index contributed by atoms with van der Waals surface area (Å²) in [5, 5.41) is 0. The molecule has 1 heteroatoms. The minimum absolute atomic E-state index is 0.421. The number of hydrogen-bond donors (Lipinski definition) is 0. The van der Waals surface area contributed by atoms with Crippen LogP contribution in [0.3, 0.4) is 0 Å². The van der Waals surface area contributed by atoms with Gasteiger partial charge in [-0.2, -0.15) is 0 Å². The Labute approximate surface area is 377 Å². The van der Waals surface area contributed by atoms with Crippen molar-refractivity contribution in [2.24, 2.45) is 5.92 Å². The molecule has 3 aliphatic carbocycles. The second-order valence-corrected chi connectivity index (χ2v) is 17.6. The molecule has 2 atom stereocenters. The van der Waals surface area contributed by atoms with Gasteiger partial charge in [-0.25, -0.2) is 0 Å². The highest BCUT2D eigenvalue weighted by molar-refractivity contribution is 6.00. The Hall–Kier alpha value is -7.74. The van der Waals surface area contributed by atoms with Crippen LogP contribution in [-0.2, 0) is 10.8 Å². The molecule has 9 aromatic carbocycles. The number of anilines is 3. The third-order valence-electron chi connectivity index (χ3n) is 14.2. The Morgan fingerprint density at radius 3 is 1.50 bits per heavy atom. The number of fused-ring (bicyclic) bond motifs is 5. The van der Waals surface area contributed by atoms with Crippen LogP contribution in [-0.4, -0.2) is 0 Å². The van der Waals surface area contributed by atoms with Gasteiger partial charge in [0.25, 0.3) is 0 Å². The van der Waals surface area contributed by atoms with E-state index >= 15 is 0 Å². The Morgan fingerprint density at radius 2 is 0.859 bits per heavy atom. The zero-order valence-corrected chi connectivity index (χ0v) is 35.9. The van der Waals surface area contributed by atoms with E-state index < -0.39 is 10.8 Å². The zero-order valence-electron chi connectivity index (χ0n) is 35.9. The maximum absolute atomic E-state index is 2.53. The summed E-state index contributed by atoms with van der Waals surface area (Å²) in [4.78, 5) is 2.53. The Balaban J connectivity index is 1.13. The molecule has 3 aliphatic rings. The van der Waals surface area contributed by atoms with Crippen LogP contribution in [0.1, 0.15) is 57.9 Å². The van der Waals surface area contributed by atoms with E-state index in [4.69, 9.17) is 0 Å². The molecule has 0 aromatic heterocycles. The second kappa shape index (κ2) is 15.3. The van der Waals surface area contributed by atoms with Gasteiger partial charge in [-0.05, 0) is 103 Å². The van der Waals surface area contributed by atoms with E-state index in [2.05, 4.69) is 261 Å². The van der Waals surface area contributed by atoms with Gasteiger partial charge in [0.15, 0.2) is 0 Å². The van der Waals surface area contributed by atoms with Crippen molar-refractivity contribution >= 4 is 22.6 Å². The molecule has 64 heavy (non-hydrogen) atoms. The lowest BCUT2D eigenvalue weighted by Gasteiger charge is -2.38. The average molecular weight is 818 g/mol. The van der Waals surface area contributed by atoms with Crippen molar-refractivity contribution in [2.45, 2.75) is 24.2 Å². The van der Waals surface area contributed by atoms with E-state index in [1.807, 2.05) is 0 Å². The van der Waals surface area contributed by atoms with Crippen LogP contribution in [0.2, 0.25) is 0 Å². The Morgan fingerprint density at radius 1 is 0.391 bits per heavy atom. The summed E-state index contributed by atoms with van der Waals surface area (Å²) in [5.74, 6) is 0.447. The van der Waals surface area contributed by atoms with Gasteiger partial charge in [-0.15, -0.1) is 0 Å². The highest BCUT2D eigenvalue weighted by Crippen LogP contribution is 2.61. The van der Waals surface area contributed by atoms with Crippen molar-refractivity contribution in [2.75, 3.05) is 4.90 Å². The van der Waals surface area contributed by atoms with Crippen molar-refractivity contribution in [3.63, 3.8) is 0 Å². The van der Waals surface area contributed by atoms with E-state index in [0.717, 1.165) is 23.5 Å². The van der Waals surface area contributed by atoms with E-state index in [0.29, 0.717) is 5.92 Å². The van der Waals surface area contributed by atoms with Crippen LogP contribution in [0, 0.1) is 5.92 Å².